The fourth-order valence-electron chi connectivity index (χ4n) is 5.50. The van der Waals surface area contributed by atoms with Crippen LogP contribution in [0.2, 0.25) is 0 Å². The average Bonchev–Trinajstić information content (AvgIpc) is 2.83. The molecule has 1 saturated heterocycles. The van der Waals surface area contributed by atoms with Gasteiger partial charge in [-0.3, -0.25) is 0 Å². The second kappa shape index (κ2) is 11.5. The van der Waals surface area contributed by atoms with Crippen molar-refractivity contribution in [2.45, 2.75) is 60.8 Å². The third-order valence-electron chi connectivity index (χ3n) is 7.55. The minimum atomic E-state index is -0.245. The Kier molecular flexibility index (Phi) is 8.84. The molecule has 1 aliphatic heterocycles. The molecular weight excluding hydrogens is 453 g/mol. The van der Waals surface area contributed by atoms with E-state index in [0.717, 1.165) is 54.6 Å². The SMILES string of the molecule is C=C(/C=C\C=C/C)C(=C)C12CC(/C=C(/C)c3ccc(F)cc3)=C(C)C=C1CCN(C(=C)CC(C)(C)C)C2. The van der Waals surface area contributed by atoms with E-state index < -0.39 is 0 Å². The van der Waals surface area contributed by atoms with Gasteiger partial charge in [-0.2, -0.15) is 0 Å². The van der Waals surface area contributed by atoms with Crippen LogP contribution in [0.1, 0.15) is 66.4 Å². The lowest BCUT2D eigenvalue weighted by atomic mass is 9.62. The Morgan fingerprint density at radius 1 is 1.11 bits per heavy atom. The van der Waals surface area contributed by atoms with Crippen molar-refractivity contribution in [3.63, 3.8) is 0 Å². The fraction of sp³-hybridized carbons (Fsp3) is 0.371. The molecule has 0 amide bonds. The van der Waals surface area contributed by atoms with E-state index in [1.165, 1.54) is 34.5 Å². The molecule has 0 spiro atoms. The van der Waals surface area contributed by atoms with Crippen LogP contribution in [0.4, 0.5) is 4.39 Å². The third kappa shape index (κ3) is 6.80. The van der Waals surface area contributed by atoms with Gasteiger partial charge in [-0.1, -0.05) is 94.7 Å². The lowest BCUT2D eigenvalue weighted by molar-refractivity contribution is 0.188. The number of benzene rings is 1. The summed E-state index contributed by atoms with van der Waals surface area (Å²) in [4.78, 5) is 2.48. The summed E-state index contributed by atoms with van der Waals surface area (Å²) >= 11 is 0. The molecule has 1 atom stereocenters. The summed E-state index contributed by atoms with van der Waals surface area (Å²) in [5, 5.41) is 0. The summed E-state index contributed by atoms with van der Waals surface area (Å²) in [7, 11) is 0. The zero-order chi connectivity index (χ0) is 27.4. The number of nitrogens with zero attached hydrogens (tertiary/aromatic N) is 1. The maximum atomic E-state index is 13.5. The van der Waals surface area contributed by atoms with Crippen LogP contribution in [-0.2, 0) is 0 Å². The van der Waals surface area contributed by atoms with Crippen LogP contribution >= 0.6 is 0 Å². The molecule has 1 aromatic rings. The first-order chi connectivity index (χ1) is 17.4. The Hall–Kier alpha value is -3.13. The van der Waals surface area contributed by atoms with E-state index in [4.69, 9.17) is 0 Å². The Labute approximate surface area is 224 Å². The van der Waals surface area contributed by atoms with Gasteiger partial charge in [-0.25, -0.2) is 4.39 Å². The summed E-state index contributed by atoms with van der Waals surface area (Å²) in [5.74, 6) is -0.213. The van der Waals surface area contributed by atoms with Crippen LogP contribution in [0.5, 0.6) is 0 Å². The molecule has 2 heteroatoms. The second-order valence-electron chi connectivity index (χ2n) is 11.8. The quantitative estimate of drug-likeness (QED) is 0.323. The van der Waals surface area contributed by atoms with E-state index >= 15 is 0 Å². The largest absolute Gasteiger partial charge is 0.374 e. The first kappa shape index (κ1) is 28.4. The highest BCUT2D eigenvalue weighted by molar-refractivity contribution is 5.68. The van der Waals surface area contributed by atoms with Crippen LogP contribution in [0.3, 0.4) is 0 Å². The smallest absolute Gasteiger partial charge is 0.123 e. The number of likely N-dealkylation sites (tertiary alicyclic amines) is 1. The highest BCUT2D eigenvalue weighted by Gasteiger charge is 2.44. The first-order valence-corrected chi connectivity index (χ1v) is 13.3. The number of halogens is 1. The minimum absolute atomic E-state index is 0.180. The van der Waals surface area contributed by atoms with Gasteiger partial charge in [0, 0.05) is 24.2 Å². The molecule has 37 heavy (non-hydrogen) atoms. The molecule has 0 saturated carbocycles. The summed E-state index contributed by atoms with van der Waals surface area (Å²) < 4.78 is 13.5. The number of hydrogen-bond donors (Lipinski definition) is 0. The lowest BCUT2D eigenvalue weighted by Gasteiger charge is -2.50. The molecule has 1 heterocycles. The van der Waals surface area contributed by atoms with Gasteiger partial charge in [0.2, 0.25) is 0 Å². The van der Waals surface area contributed by atoms with Crippen LogP contribution in [0.15, 0.2) is 114 Å². The average molecular weight is 498 g/mol. The van der Waals surface area contributed by atoms with Crippen LogP contribution in [0.25, 0.3) is 5.57 Å². The summed E-state index contributed by atoms with van der Waals surface area (Å²) in [5.41, 5.74) is 9.35. The van der Waals surface area contributed by atoms with Crippen LogP contribution in [0, 0.1) is 16.6 Å². The van der Waals surface area contributed by atoms with E-state index in [0.29, 0.717) is 0 Å². The van der Waals surface area contributed by atoms with Crippen molar-refractivity contribution in [1.29, 1.82) is 0 Å². The molecule has 0 radical (unpaired) electrons. The zero-order valence-corrected chi connectivity index (χ0v) is 23.8. The normalized spacial score (nSPS) is 20.9. The molecule has 0 aromatic heterocycles. The minimum Gasteiger partial charge on any atom is -0.374 e. The summed E-state index contributed by atoms with van der Waals surface area (Å²) in [6.45, 7) is 28.5. The molecule has 0 N–H and O–H groups in total. The van der Waals surface area contributed by atoms with E-state index in [-0.39, 0.29) is 16.6 Å². The van der Waals surface area contributed by atoms with Gasteiger partial charge in [0.1, 0.15) is 5.82 Å². The second-order valence-corrected chi connectivity index (χ2v) is 11.8. The van der Waals surface area contributed by atoms with Crippen molar-refractivity contribution in [2.75, 3.05) is 13.1 Å². The number of hydrogen-bond acceptors (Lipinski definition) is 1. The Bertz CT molecular complexity index is 1210. The fourth-order valence-corrected chi connectivity index (χ4v) is 5.50. The highest BCUT2D eigenvalue weighted by Crippen LogP contribution is 2.52. The Morgan fingerprint density at radius 3 is 2.41 bits per heavy atom. The molecule has 3 rings (SSSR count). The molecule has 1 aliphatic carbocycles. The Morgan fingerprint density at radius 2 is 1.78 bits per heavy atom. The number of allylic oxidation sites excluding steroid dienone is 11. The Balaban J connectivity index is 2.03. The predicted molar refractivity (Wildman–Crippen MR) is 160 cm³/mol. The van der Waals surface area contributed by atoms with Crippen molar-refractivity contribution in [3.05, 3.63) is 125 Å². The van der Waals surface area contributed by atoms with Crippen LogP contribution < -0.4 is 0 Å². The van der Waals surface area contributed by atoms with Gasteiger partial charge in [0.15, 0.2) is 0 Å². The highest BCUT2D eigenvalue weighted by atomic mass is 19.1. The number of fused-ring (bicyclic) bond motifs is 1. The molecule has 0 bridgehead atoms. The predicted octanol–water partition coefficient (Wildman–Crippen LogP) is 9.76. The van der Waals surface area contributed by atoms with Gasteiger partial charge < -0.3 is 4.90 Å². The van der Waals surface area contributed by atoms with E-state index in [1.54, 1.807) is 0 Å². The van der Waals surface area contributed by atoms with Crippen molar-refractivity contribution in [3.8, 4) is 0 Å². The maximum Gasteiger partial charge on any atom is 0.123 e. The molecule has 1 aromatic carbocycles. The first-order valence-electron chi connectivity index (χ1n) is 13.3. The number of piperidine rings is 1. The van der Waals surface area contributed by atoms with Gasteiger partial charge in [0.25, 0.3) is 0 Å². The molecule has 196 valence electrons. The lowest BCUT2D eigenvalue weighted by Crippen LogP contribution is -2.47. The van der Waals surface area contributed by atoms with Crippen molar-refractivity contribution in [1.82, 2.24) is 4.90 Å². The van der Waals surface area contributed by atoms with E-state index in [9.17, 15) is 4.39 Å². The van der Waals surface area contributed by atoms with Gasteiger partial charge in [0.05, 0.1) is 0 Å². The third-order valence-corrected chi connectivity index (χ3v) is 7.55. The molecular formula is C35H44FN. The van der Waals surface area contributed by atoms with Crippen molar-refractivity contribution >= 4 is 5.57 Å². The van der Waals surface area contributed by atoms with Crippen molar-refractivity contribution < 1.29 is 4.39 Å². The van der Waals surface area contributed by atoms with Gasteiger partial charge >= 0.3 is 0 Å². The zero-order valence-electron chi connectivity index (χ0n) is 23.8. The molecule has 1 fully saturated rings. The standard InChI is InChI=1S/C35H44FN/c1-10-11-12-13-25(2)29(6)35-23-31(20-26(3)30-14-16-33(36)17-15-30)27(4)21-32(35)18-19-37(24-35)28(5)22-34(7,8)9/h10-17,20-21H,2,5-6,18-19,22-24H2,1,3-4,7-9H3/b11-10-,13-12-,26-20-. The van der Waals surface area contributed by atoms with E-state index in [2.05, 4.69) is 77.5 Å². The topological polar surface area (TPSA) is 3.24 Å². The summed E-state index contributed by atoms with van der Waals surface area (Å²) in [6, 6.07) is 6.75. The molecule has 1 nitrogen and oxygen atoms in total. The monoisotopic (exact) mass is 497 g/mol. The van der Waals surface area contributed by atoms with Crippen LogP contribution in [-0.4, -0.2) is 18.0 Å². The van der Waals surface area contributed by atoms with E-state index in [1.807, 2.05) is 37.3 Å². The number of rotatable bonds is 8. The van der Waals surface area contributed by atoms with Gasteiger partial charge in [-0.05, 0) is 91.0 Å². The maximum absolute atomic E-state index is 13.5. The summed E-state index contributed by atoms with van der Waals surface area (Å²) in [6.07, 6.45) is 15.6. The molecule has 2 aliphatic rings. The van der Waals surface area contributed by atoms with Gasteiger partial charge in [-0.15, -0.1) is 0 Å². The molecule has 1 unspecified atom stereocenters. The van der Waals surface area contributed by atoms with Crippen molar-refractivity contribution in [2.24, 2.45) is 10.8 Å².